The van der Waals surface area contributed by atoms with E-state index in [1.807, 2.05) is 13.8 Å². The van der Waals surface area contributed by atoms with E-state index in [0.717, 1.165) is 0 Å². The van der Waals surface area contributed by atoms with Crippen molar-refractivity contribution >= 4 is 22.8 Å². The number of aromatic amines is 1. The third-order valence-electron chi connectivity index (χ3n) is 4.69. The van der Waals surface area contributed by atoms with Crippen LogP contribution in [0.15, 0.2) is 24.4 Å². The standard InChI is InChI=1S/C19H24FN7O2/c1-4-26(5-2)18(28)12-27-11-16(23-24-27)19(29)25(3)9-8-17-21-14-7-6-13(20)10-15(14)22-17/h6-7,10-11H,4-5,8-9,12H2,1-3H3,(H,21,22). The smallest absolute Gasteiger partial charge is 0.275 e. The van der Waals surface area contributed by atoms with Crippen LogP contribution in [0.3, 0.4) is 0 Å². The van der Waals surface area contributed by atoms with Crippen LogP contribution in [-0.2, 0) is 17.8 Å². The molecule has 1 N–H and O–H groups in total. The van der Waals surface area contributed by atoms with Crippen LogP contribution in [0.4, 0.5) is 4.39 Å². The molecule has 154 valence electrons. The van der Waals surface area contributed by atoms with Crippen molar-refractivity contribution in [2.75, 3.05) is 26.7 Å². The molecule has 0 fully saturated rings. The van der Waals surface area contributed by atoms with E-state index in [1.54, 1.807) is 18.0 Å². The molecule has 0 radical (unpaired) electrons. The molecule has 9 nitrogen and oxygen atoms in total. The number of nitrogens with zero attached hydrogens (tertiary/aromatic N) is 6. The lowest BCUT2D eigenvalue weighted by Gasteiger charge is -2.18. The number of amides is 2. The summed E-state index contributed by atoms with van der Waals surface area (Å²) in [5.74, 6) is -0.0384. The molecular weight excluding hydrogens is 377 g/mol. The third kappa shape index (κ3) is 4.76. The highest BCUT2D eigenvalue weighted by molar-refractivity contribution is 5.91. The average molecular weight is 401 g/mol. The van der Waals surface area contributed by atoms with E-state index < -0.39 is 0 Å². The molecule has 0 aliphatic carbocycles. The lowest BCUT2D eigenvalue weighted by Crippen LogP contribution is -2.33. The van der Waals surface area contributed by atoms with Gasteiger partial charge in [0.25, 0.3) is 5.91 Å². The van der Waals surface area contributed by atoms with Gasteiger partial charge in [0.2, 0.25) is 5.91 Å². The molecule has 29 heavy (non-hydrogen) atoms. The summed E-state index contributed by atoms with van der Waals surface area (Å²) in [6.07, 6.45) is 1.96. The Kier molecular flexibility index (Phi) is 6.20. The van der Waals surface area contributed by atoms with Crippen molar-refractivity contribution in [1.82, 2.24) is 34.8 Å². The van der Waals surface area contributed by atoms with E-state index in [0.29, 0.717) is 42.9 Å². The van der Waals surface area contributed by atoms with Gasteiger partial charge in [-0.25, -0.2) is 14.1 Å². The average Bonchev–Trinajstić information content (AvgIpc) is 3.32. The Bertz CT molecular complexity index is 1010. The molecule has 0 saturated carbocycles. The topological polar surface area (TPSA) is 100 Å². The molecule has 2 heterocycles. The molecule has 0 atom stereocenters. The zero-order chi connectivity index (χ0) is 21.0. The van der Waals surface area contributed by atoms with Crippen molar-refractivity contribution in [3.8, 4) is 0 Å². The highest BCUT2D eigenvalue weighted by atomic mass is 19.1. The SMILES string of the molecule is CCN(CC)C(=O)Cn1cc(C(=O)N(C)CCc2nc3ccc(F)cc3[nH]2)nn1. The van der Waals surface area contributed by atoms with E-state index in [4.69, 9.17) is 0 Å². The number of hydrogen-bond donors (Lipinski definition) is 1. The number of rotatable bonds is 8. The number of nitrogens with one attached hydrogen (secondary N) is 1. The normalized spacial score (nSPS) is 11.0. The number of carbonyl (C=O) groups is 2. The molecule has 0 bridgehead atoms. The number of benzene rings is 1. The van der Waals surface area contributed by atoms with Crippen LogP contribution >= 0.6 is 0 Å². The Labute approximate surface area is 167 Å². The first-order valence-corrected chi connectivity index (χ1v) is 9.48. The third-order valence-corrected chi connectivity index (χ3v) is 4.69. The minimum absolute atomic E-state index is 0.0429. The maximum atomic E-state index is 13.3. The molecule has 0 spiro atoms. The molecule has 1 aromatic carbocycles. The second kappa shape index (κ2) is 8.80. The largest absolute Gasteiger partial charge is 0.342 e. The van der Waals surface area contributed by atoms with Gasteiger partial charge >= 0.3 is 0 Å². The van der Waals surface area contributed by atoms with Gasteiger partial charge < -0.3 is 14.8 Å². The van der Waals surface area contributed by atoms with E-state index in [9.17, 15) is 14.0 Å². The zero-order valence-electron chi connectivity index (χ0n) is 16.7. The fourth-order valence-electron chi connectivity index (χ4n) is 3.01. The van der Waals surface area contributed by atoms with Gasteiger partial charge in [0.15, 0.2) is 5.69 Å². The molecule has 3 aromatic rings. The Balaban J connectivity index is 1.58. The number of hydrogen-bond acceptors (Lipinski definition) is 5. The van der Waals surface area contributed by atoms with Gasteiger partial charge in [-0.05, 0) is 32.0 Å². The maximum absolute atomic E-state index is 13.3. The summed E-state index contributed by atoms with van der Waals surface area (Å²) in [4.78, 5) is 35.4. The first-order valence-electron chi connectivity index (χ1n) is 9.48. The van der Waals surface area contributed by atoms with Crippen molar-refractivity contribution in [3.63, 3.8) is 0 Å². The monoisotopic (exact) mass is 401 g/mol. The summed E-state index contributed by atoms with van der Waals surface area (Å²) in [6, 6.07) is 4.35. The number of likely N-dealkylation sites (N-methyl/N-ethyl adjacent to an activating group) is 2. The zero-order valence-corrected chi connectivity index (χ0v) is 16.7. The Hall–Kier alpha value is -3.30. The summed E-state index contributed by atoms with van der Waals surface area (Å²) in [7, 11) is 1.66. The van der Waals surface area contributed by atoms with Crippen molar-refractivity contribution in [3.05, 3.63) is 41.7 Å². The Morgan fingerprint density at radius 1 is 1.24 bits per heavy atom. The number of imidazole rings is 1. The fraction of sp³-hybridized carbons (Fsp3) is 0.421. The van der Waals surface area contributed by atoms with Crippen LogP contribution in [-0.4, -0.2) is 73.3 Å². The van der Waals surface area contributed by atoms with Gasteiger partial charge in [-0.2, -0.15) is 0 Å². The van der Waals surface area contributed by atoms with E-state index in [-0.39, 0.29) is 29.9 Å². The van der Waals surface area contributed by atoms with Gasteiger partial charge in [0, 0.05) is 33.1 Å². The summed E-state index contributed by atoms with van der Waals surface area (Å²) < 4.78 is 14.7. The maximum Gasteiger partial charge on any atom is 0.275 e. The number of aromatic nitrogens is 5. The van der Waals surface area contributed by atoms with Gasteiger partial charge in [-0.1, -0.05) is 5.21 Å². The quantitative estimate of drug-likeness (QED) is 0.616. The number of halogens is 1. The highest BCUT2D eigenvalue weighted by Gasteiger charge is 2.18. The van der Waals surface area contributed by atoms with Crippen molar-refractivity contribution < 1.29 is 14.0 Å². The van der Waals surface area contributed by atoms with Crippen LogP contribution in [0.1, 0.15) is 30.2 Å². The number of fused-ring (bicyclic) bond motifs is 1. The van der Waals surface area contributed by atoms with Crippen molar-refractivity contribution in [2.45, 2.75) is 26.8 Å². The van der Waals surface area contributed by atoms with Crippen LogP contribution in [0.2, 0.25) is 0 Å². The summed E-state index contributed by atoms with van der Waals surface area (Å²) >= 11 is 0. The summed E-state index contributed by atoms with van der Waals surface area (Å²) in [6.45, 7) is 5.49. The lowest BCUT2D eigenvalue weighted by molar-refractivity contribution is -0.131. The molecular formula is C19H24FN7O2. The number of H-pyrrole nitrogens is 1. The molecule has 2 amide bonds. The minimum Gasteiger partial charge on any atom is -0.342 e. The molecule has 2 aromatic heterocycles. The predicted octanol–water partition coefficient (Wildman–Crippen LogP) is 1.48. The Morgan fingerprint density at radius 2 is 2.00 bits per heavy atom. The molecule has 0 aliphatic heterocycles. The molecule has 3 rings (SSSR count). The first-order chi connectivity index (χ1) is 13.9. The minimum atomic E-state index is -0.331. The van der Waals surface area contributed by atoms with Gasteiger partial charge in [0.1, 0.15) is 18.2 Å². The van der Waals surface area contributed by atoms with Gasteiger partial charge in [0.05, 0.1) is 17.2 Å². The molecule has 0 aliphatic rings. The second-order valence-electron chi connectivity index (χ2n) is 6.69. The second-order valence-corrected chi connectivity index (χ2v) is 6.69. The predicted molar refractivity (Wildman–Crippen MR) is 105 cm³/mol. The summed E-state index contributed by atoms with van der Waals surface area (Å²) in [5.41, 5.74) is 1.47. The Morgan fingerprint density at radius 3 is 2.72 bits per heavy atom. The van der Waals surface area contributed by atoms with Crippen LogP contribution in [0.25, 0.3) is 11.0 Å². The van der Waals surface area contributed by atoms with Gasteiger partial charge in [-0.15, -0.1) is 5.10 Å². The molecule has 0 unspecified atom stereocenters. The number of carbonyl (C=O) groups excluding carboxylic acids is 2. The van der Waals surface area contributed by atoms with Crippen LogP contribution in [0, 0.1) is 5.82 Å². The molecule has 10 heteroatoms. The summed E-state index contributed by atoms with van der Waals surface area (Å²) in [5, 5.41) is 7.77. The first kappa shape index (κ1) is 20.4. The van der Waals surface area contributed by atoms with Crippen LogP contribution < -0.4 is 0 Å². The van der Waals surface area contributed by atoms with Gasteiger partial charge in [-0.3, -0.25) is 9.59 Å². The molecule has 0 saturated heterocycles. The lowest BCUT2D eigenvalue weighted by atomic mass is 10.3. The van der Waals surface area contributed by atoms with Crippen molar-refractivity contribution in [1.29, 1.82) is 0 Å². The van der Waals surface area contributed by atoms with E-state index in [2.05, 4.69) is 20.3 Å². The highest BCUT2D eigenvalue weighted by Crippen LogP contribution is 2.13. The van der Waals surface area contributed by atoms with E-state index >= 15 is 0 Å². The van der Waals surface area contributed by atoms with Crippen molar-refractivity contribution in [2.24, 2.45) is 0 Å². The fourth-order valence-corrected chi connectivity index (χ4v) is 3.01. The van der Waals surface area contributed by atoms with Crippen LogP contribution in [0.5, 0.6) is 0 Å². The van der Waals surface area contributed by atoms with E-state index in [1.165, 1.54) is 27.9 Å².